The van der Waals surface area contributed by atoms with Crippen molar-refractivity contribution >= 4 is 29.3 Å². The summed E-state index contributed by atoms with van der Waals surface area (Å²) in [4.78, 5) is 40.9. The number of rotatable bonds is 9. The fraction of sp³-hybridized carbons (Fsp3) is 0.621. The average Bonchev–Trinajstić information content (AvgIpc) is 2.99. The number of aliphatic carboxylic acids is 1. The van der Waals surface area contributed by atoms with Crippen molar-refractivity contribution < 1.29 is 14.7 Å². The number of aryl methyl sites for hydroxylation is 1. The van der Waals surface area contributed by atoms with Gasteiger partial charge in [-0.05, 0) is 56.6 Å². The second-order valence-electron chi connectivity index (χ2n) is 11.0. The van der Waals surface area contributed by atoms with Crippen molar-refractivity contribution in [3.63, 3.8) is 0 Å². The summed E-state index contributed by atoms with van der Waals surface area (Å²) in [5.41, 5.74) is 3.45. The van der Waals surface area contributed by atoms with Gasteiger partial charge in [-0.2, -0.15) is 0 Å². The maximum absolute atomic E-state index is 12.7. The Morgan fingerprint density at radius 2 is 1.90 bits per heavy atom. The van der Waals surface area contributed by atoms with Crippen LogP contribution < -0.4 is 20.9 Å². The molecule has 10 heteroatoms. The monoisotopic (exact) mass is 535 g/mol. The van der Waals surface area contributed by atoms with E-state index in [0.717, 1.165) is 94.6 Å². The summed E-state index contributed by atoms with van der Waals surface area (Å²) in [6.07, 6.45) is 11.3. The first-order chi connectivity index (χ1) is 19.0. The van der Waals surface area contributed by atoms with Crippen molar-refractivity contribution in [2.75, 3.05) is 41.7 Å². The number of nitrogens with one attached hydrogen (secondary N) is 3. The molecule has 2 fully saturated rings. The molecule has 5 rings (SSSR count). The van der Waals surface area contributed by atoms with Gasteiger partial charge in [0.05, 0.1) is 0 Å². The van der Waals surface area contributed by atoms with E-state index in [1.54, 1.807) is 0 Å². The molecule has 2 aliphatic heterocycles. The molecule has 1 saturated heterocycles. The van der Waals surface area contributed by atoms with Crippen molar-refractivity contribution in [1.29, 1.82) is 0 Å². The van der Waals surface area contributed by atoms with Crippen LogP contribution in [0.3, 0.4) is 0 Å². The maximum atomic E-state index is 12.7. The Hall–Kier alpha value is -3.43. The number of carbonyl (C=O) groups excluding carboxylic acids is 1. The van der Waals surface area contributed by atoms with Crippen LogP contribution in [0.5, 0.6) is 0 Å². The minimum atomic E-state index is -1.05. The summed E-state index contributed by atoms with van der Waals surface area (Å²) in [7, 11) is 0. The van der Waals surface area contributed by atoms with Gasteiger partial charge in [0.1, 0.15) is 29.8 Å². The number of carbonyl (C=O) groups is 2. The molecule has 0 radical (unpaired) electrons. The number of hydrogen-bond acceptors (Lipinski definition) is 8. The third-order valence-electron chi connectivity index (χ3n) is 8.47. The van der Waals surface area contributed by atoms with E-state index < -0.39 is 12.0 Å². The van der Waals surface area contributed by atoms with Crippen LogP contribution in [-0.4, -0.2) is 64.2 Å². The molecule has 0 spiro atoms. The molecule has 1 aliphatic carbocycles. The molecular weight excluding hydrogens is 494 g/mol. The minimum absolute atomic E-state index is 0.0668. The Bertz CT molecular complexity index is 1160. The lowest BCUT2D eigenvalue weighted by Gasteiger charge is -2.34. The van der Waals surface area contributed by atoms with Gasteiger partial charge in [-0.1, -0.05) is 32.3 Å². The van der Waals surface area contributed by atoms with Gasteiger partial charge in [0.15, 0.2) is 0 Å². The summed E-state index contributed by atoms with van der Waals surface area (Å²) in [5, 5.41) is 19.2. The van der Waals surface area contributed by atoms with Gasteiger partial charge in [0.25, 0.3) is 0 Å². The number of carboxylic acid groups (broad SMARTS) is 1. The van der Waals surface area contributed by atoms with Crippen molar-refractivity contribution in [1.82, 2.24) is 20.3 Å². The van der Waals surface area contributed by atoms with Gasteiger partial charge < -0.3 is 26.0 Å². The predicted molar refractivity (Wildman–Crippen MR) is 151 cm³/mol. The van der Waals surface area contributed by atoms with Crippen LogP contribution >= 0.6 is 0 Å². The van der Waals surface area contributed by atoms with Gasteiger partial charge in [0, 0.05) is 49.3 Å². The van der Waals surface area contributed by atoms with Crippen LogP contribution in [0.2, 0.25) is 0 Å². The highest BCUT2D eigenvalue weighted by molar-refractivity contribution is 5.85. The number of amides is 1. The highest BCUT2D eigenvalue weighted by Gasteiger charge is 2.28. The molecule has 1 atom stereocenters. The molecular formula is C29H41N7O3. The van der Waals surface area contributed by atoms with Crippen molar-refractivity contribution in [2.24, 2.45) is 5.92 Å². The Kier molecular flexibility index (Phi) is 8.78. The SMILES string of the molecule is CCc1c(NC[C@H](NC(=O)C2CCCCC2)C(=O)O)ncnc1N1CCC(c2ccc3c(n2)NCCC3)CC1. The predicted octanol–water partition coefficient (Wildman–Crippen LogP) is 3.74. The number of piperidine rings is 1. The zero-order chi connectivity index (χ0) is 27.2. The zero-order valence-corrected chi connectivity index (χ0v) is 22.9. The third-order valence-corrected chi connectivity index (χ3v) is 8.47. The molecule has 1 saturated carbocycles. The number of carboxylic acids is 1. The van der Waals surface area contributed by atoms with E-state index in [1.807, 2.05) is 0 Å². The quantitative estimate of drug-likeness (QED) is 0.379. The summed E-state index contributed by atoms with van der Waals surface area (Å²) in [5.74, 6) is 1.70. The van der Waals surface area contributed by atoms with Crippen LogP contribution in [0.15, 0.2) is 18.5 Å². The van der Waals surface area contributed by atoms with Gasteiger partial charge in [-0.3, -0.25) is 4.79 Å². The van der Waals surface area contributed by atoms with Crippen LogP contribution in [0.4, 0.5) is 17.5 Å². The summed E-state index contributed by atoms with van der Waals surface area (Å²) in [6.45, 7) is 4.86. The Morgan fingerprint density at radius 1 is 1.10 bits per heavy atom. The van der Waals surface area contributed by atoms with E-state index in [4.69, 9.17) is 4.98 Å². The first kappa shape index (κ1) is 27.1. The number of anilines is 3. The van der Waals surface area contributed by atoms with Gasteiger partial charge in [0.2, 0.25) is 5.91 Å². The second kappa shape index (κ2) is 12.6. The fourth-order valence-electron chi connectivity index (χ4n) is 6.16. The van der Waals surface area contributed by atoms with Gasteiger partial charge >= 0.3 is 5.97 Å². The Labute approximate surface area is 230 Å². The lowest BCUT2D eigenvalue weighted by molar-refractivity contribution is -0.142. The lowest BCUT2D eigenvalue weighted by atomic mass is 9.88. The van der Waals surface area contributed by atoms with E-state index >= 15 is 0 Å². The first-order valence-corrected chi connectivity index (χ1v) is 14.6. The number of nitrogens with zero attached hydrogens (tertiary/aromatic N) is 4. The summed E-state index contributed by atoms with van der Waals surface area (Å²) in [6, 6.07) is 3.41. The number of pyridine rings is 1. The molecule has 39 heavy (non-hydrogen) atoms. The molecule has 10 nitrogen and oxygen atoms in total. The highest BCUT2D eigenvalue weighted by atomic mass is 16.4. The standard InChI is InChI=1S/C29H41N7O3/c1-2-22-26(31-17-24(29(38)39)35-28(37)21-7-4-3-5-8-21)32-18-33-27(22)36-15-12-19(13-16-36)23-11-10-20-9-6-14-30-25(20)34-23/h10-11,18-19,21,24H,2-9,12-17H2,1H3,(H,30,34)(H,35,37)(H,38,39)(H,31,32,33)/t24-/m0/s1. The lowest BCUT2D eigenvalue weighted by Crippen LogP contribution is -2.47. The van der Waals surface area contributed by atoms with Crippen LogP contribution in [0, 0.1) is 5.92 Å². The molecule has 0 bridgehead atoms. The molecule has 3 aliphatic rings. The van der Waals surface area contributed by atoms with Gasteiger partial charge in [-0.15, -0.1) is 0 Å². The Balaban J connectivity index is 1.21. The number of hydrogen-bond donors (Lipinski definition) is 4. The highest BCUT2D eigenvalue weighted by Crippen LogP contribution is 2.33. The van der Waals surface area contributed by atoms with Crippen LogP contribution in [0.1, 0.15) is 81.0 Å². The second-order valence-corrected chi connectivity index (χ2v) is 11.0. The normalized spacial score (nSPS) is 19.1. The number of aromatic nitrogens is 3. The topological polar surface area (TPSA) is 132 Å². The van der Waals surface area contributed by atoms with Crippen LogP contribution in [-0.2, 0) is 22.4 Å². The van der Waals surface area contributed by atoms with Crippen molar-refractivity contribution in [2.45, 2.75) is 83.1 Å². The van der Waals surface area contributed by atoms with Gasteiger partial charge in [-0.25, -0.2) is 19.7 Å². The molecule has 210 valence electrons. The third kappa shape index (κ3) is 6.42. The van der Waals surface area contributed by atoms with E-state index in [9.17, 15) is 14.7 Å². The molecule has 4 heterocycles. The smallest absolute Gasteiger partial charge is 0.328 e. The first-order valence-electron chi connectivity index (χ1n) is 14.6. The average molecular weight is 536 g/mol. The van der Waals surface area contributed by atoms with Crippen molar-refractivity contribution in [3.8, 4) is 0 Å². The van der Waals surface area contributed by atoms with Crippen LogP contribution in [0.25, 0.3) is 0 Å². The Morgan fingerprint density at radius 3 is 2.64 bits per heavy atom. The minimum Gasteiger partial charge on any atom is -0.480 e. The fourth-order valence-corrected chi connectivity index (χ4v) is 6.16. The van der Waals surface area contributed by atoms with E-state index in [-0.39, 0.29) is 18.4 Å². The maximum Gasteiger partial charge on any atom is 0.328 e. The molecule has 1 amide bonds. The van der Waals surface area contributed by atoms with E-state index in [0.29, 0.717) is 18.2 Å². The number of fused-ring (bicyclic) bond motifs is 1. The van der Waals surface area contributed by atoms with Crippen molar-refractivity contribution in [3.05, 3.63) is 35.3 Å². The summed E-state index contributed by atoms with van der Waals surface area (Å²) >= 11 is 0. The molecule has 4 N–H and O–H groups in total. The molecule has 0 unspecified atom stereocenters. The van der Waals surface area contributed by atoms with E-state index in [2.05, 4.69) is 49.9 Å². The zero-order valence-electron chi connectivity index (χ0n) is 22.9. The molecule has 2 aromatic heterocycles. The van der Waals surface area contributed by atoms with E-state index in [1.165, 1.54) is 17.6 Å². The summed E-state index contributed by atoms with van der Waals surface area (Å²) < 4.78 is 0. The molecule has 2 aromatic rings. The molecule has 0 aromatic carbocycles. The largest absolute Gasteiger partial charge is 0.480 e.